The van der Waals surface area contributed by atoms with Crippen molar-refractivity contribution in [2.75, 3.05) is 4.90 Å². The molecule has 1 aliphatic rings. The number of rotatable bonds is 3. The monoisotopic (exact) mass is 355 g/mol. The number of hydrogen-bond acceptors (Lipinski definition) is 2. The van der Waals surface area contributed by atoms with E-state index in [2.05, 4.69) is 13.0 Å². The Morgan fingerprint density at radius 2 is 1.44 bits per heavy atom. The Morgan fingerprint density at radius 1 is 0.889 bits per heavy atom. The highest BCUT2D eigenvalue weighted by atomic mass is 16.5. The number of benzene rings is 3. The molecule has 0 fully saturated rings. The van der Waals surface area contributed by atoms with Crippen molar-refractivity contribution < 1.29 is 9.45 Å². The van der Waals surface area contributed by atoms with Crippen molar-refractivity contribution in [3.8, 4) is 0 Å². The average Bonchev–Trinajstić information content (AvgIpc) is 2.73. The predicted octanol–water partition coefficient (Wildman–Crippen LogP) is 3.77. The zero-order valence-electron chi connectivity index (χ0n) is 15.4. The number of fused-ring (bicyclic) bond motifs is 1. The molecule has 27 heavy (non-hydrogen) atoms. The van der Waals surface area contributed by atoms with Crippen LogP contribution in [0.15, 0.2) is 84.9 Å². The molecule has 1 aliphatic heterocycles. The topological polar surface area (TPSA) is 29.5 Å². The minimum absolute atomic E-state index is 0.111. The summed E-state index contributed by atoms with van der Waals surface area (Å²) in [5, 5.41) is 0. The fourth-order valence-electron chi connectivity index (χ4n) is 3.71. The molecule has 3 nitrogen and oxygen atoms in total. The third-order valence-corrected chi connectivity index (χ3v) is 5.14. The summed E-state index contributed by atoms with van der Waals surface area (Å²) in [4.78, 5) is 15.0. The Labute approximate surface area is 160 Å². The lowest BCUT2D eigenvalue weighted by Gasteiger charge is -2.35. The van der Waals surface area contributed by atoms with Gasteiger partial charge >= 0.3 is 13.0 Å². The molecule has 3 aromatic carbocycles. The van der Waals surface area contributed by atoms with Gasteiger partial charge < -0.3 is 4.65 Å². The van der Waals surface area contributed by atoms with E-state index in [-0.39, 0.29) is 12.1 Å². The molecule has 0 saturated heterocycles. The molecule has 4 heteroatoms. The van der Waals surface area contributed by atoms with E-state index in [1.54, 1.807) is 4.90 Å². The van der Waals surface area contributed by atoms with E-state index in [1.807, 2.05) is 78.9 Å². The summed E-state index contributed by atoms with van der Waals surface area (Å²) < 4.78 is 6.08. The van der Waals surface area contributed by atoms with Crippen LogP contribution in [-0.4, -0.2) is 19.1 Å². The molecule has 0 saturated carbocycles. The summed E-state index contributed by atoms with van der Waals surface area (Å²) in [6, 6.07) is 28.0. The number of amides is 1. The van der Waals surface area contributed by atoms with Crippen molar-refractivity contribution in [1.82, 2.24) is 0 Å². The van der Waals surface area contributed by atoms with Gasteiger partial charge in [-0.2, -0.15) is 0 Å². The first-order chi connectivity index (χ1) is 13.2. The van der Waals surface area contributed by atoms with Crippen LogP contribution in [0.3, 0.4) is 0 Å². The first-order valence-corrected chi connectivity index (χ1v) is 9.41. The molecule has 0 aromatic heterocycles. The van der Waals surface area contributed by atoms with Gasteiger partial charge in [0, 0.05) is 6.04 Å². The number of carbonyl (C=O) groups is 1. The van der Waals surface area contributed by atoms with Gasteiger partial charge in [-0.25, -0.2) is 4.79 Å². The quantitative estimate of drug-likeness (QED) is 0.670. The van der Waals surface area contributed by atoms with Crippen LogP contribution in [0.1, 0.15) is 18.9 Å². The van der Waals surface area contributed by atoms with Crippen LogP contribution in [0.5, 0.6) is 0 Å². The smallest absolute Gasteiger partial charge is 0.431 e. The second-order valence-corrected chi connectivity index (χ2v) is 6.97. The Bertz CT molecular complexity index is 874. The molecule has 3 aromatic rings. The minimum Gasteiger partial charge on any atom is -0.510 e. The SMILES string of the molecule is CC1CCc2ccccc2N1C(=O)OB(c1ccccc1)c1ccccc1. The Morgan fingerprint density at radius 3 is 2.07 bits per heavy atom. The maximum atomic E-state index is 13.2. The molecule has 0 spiro atoms. The van der Waals surface area contributed by atoms with E-state index in [9.17, 15) is 4.79 Å². The summed E-state index contributed by atoms with van der Waals surface area (Å²) in [6.07, 6.45) is 1.63. The van der Waals surface area contributed by atoms with Crippen LogP contribution in [0.25, 0.3) is 0 Å². The summed E-state index contributed by atoms with van der Waals surface area (Å²) in [6.45, 7) is 1.65. The van der Waals surface area contributed by atoms with Gasteiger partial charge in [0.1, 0.15) is 0 Å². The van der Waals surface area contributed by atoms with Gasteiger partial charge in [-0.05, 0) is 42.3 Å². The van der Waals surface area contributed by atoms with Crippen molar-refractivity contribution in [3.05, 3.63) is 90.5 Å². The number of anilines is 1. The van der Waals surface area contributed by atoms with E-state index >= 15 is 0 Å². The zero-order valence-corrected chi connectivity index (χ0v) is 15.4. The summed E-state index contributed by atoms with van der Waals surface area (Å²) in [5.74, 6) is 0. The molecular formula is C23H22BNO2. The van der Waals surface area contributed by atoms with Gasteiger partial charge in [-0.15, -0.1) is 0 Å². The van der Waals surface area contributed by atoms with E-state index < -0.39 is 6.92 Å². The molecule has 134 valence electrons. The van der Waals surface area contributed by atoms with E-state index in [1.165, 1.54) is 5.56 Å². The molecule has 0 bridgehead atoms. The normalized spacial score (nSPS) is 15.7. The first kappa shape index (κ1) is 17.4. The van der Waals surface area contributed by atoms with Gasteiger partial charge in [-0.3, -0.25) is 4.90 Å². The summed E-state index contributed by atoms with van der Waals surface area (Å²) >= 11 is 0. The van der Waals surface area contributed by atoms with Gasteiger partial charge in [0.15, 0.2) is 0 Å². The molecule has 1 unspecified atom stereocenters. The molecule has 1 amide bonds. The second-order valence-electron chi connectivity index (χ2n) is 6.97. The van der Waals surface area contributed by atoms with Crippen molar-refractivity contribution in [2.24, 2.45) is 0 Å². The van der Waals surface area contributed by atoms with Crippen LogP contribution < -0.4 is 15.8 Å². The molecule has 4 rings (SSSR count). The van der Waals surface area contributed by atoms with Gasteiger partial charge in [0.25, 0.3) is 0 Å². The van der Waals surface area contributed by atoms with E-state index in [0.717, 1.165) is 29.5 Å². The highest BCUT2D eigenvalue weighted by molar-refractivity contribution is 6.81. The van der Waals surface area contributed by atoms with Crippen molar-refractivity contribution in [3.63, 3.8) is 0 Å². The third-order valence-electron chi connectivity index (χ3n) is 5.14. The van der Waals surface area contributed by atoms with Crippen molar-refractivity contribution in [2.45, 2.75) is 25.8 Å². The predicted molar refractivity (Wildman–Crippen MR) is 111 cm³/mol. The fraction of sp³-hybridized carbons (Fsp3) is 0.174. The standard InChI is InChI=1S/C23H22BNO2/c1-18-16-17-19-10-8-9-15-22(19)25(18)23(26)27-24(20-11-4-2-5-12-20)21-13-6-3-7-14-21/h2-15,18H,16-17H2,1H3. The van der Waals surface area contributed by atoms with Crippen LogP contribution >= 0.6 is 0 Å². The molecule has 1 atom stereocenters. The van der Waals surface area contributed by atoms with E-state index in [4.69, 9.17) is 4.65 Å². The third kappa shape index (κ3) is 3.61. The average molecular weight is 355 g/mol. The molecule has 0 radical (unpaired) electrons. The lowest BCUT2D eigenvalue weighted by atomic mass is 9.55. The zero-order chi connectivity index (χ0) is 18.6. The van der Waals surface area contributed by atoms with Crippen molar-refractivity contribution >= 4 is 29.6 Å². The Hall–Kier alpha value is -3.01. The largest absolute Gasteiger partial charge is 0.510 e. The second kappa shape index (κ2) is 7.71. The Balaban J connectivity index is 1.67. The molecule has 0 N–H and O–H groups in total. The van der Waals surface area contributed by atoms with Crippen LogP contribution in [0, 0.1) is 0 Å². The minimum atomic E-state index is -0.429. The van der Waals surface area contributed by atoms with Crippen molar-refractivity contribution in [1.29, 1.82) is 0 Å². The molecule has 0 aliphatic carbocycles. The number of para-hydroxylation sites is 1. The van der Waals surface area contributed by atoms with Gasteiger partial charge in [0.2, 0.25) is 0 Å². The van der Waals surface area contributed by atoms with Crippen LogP contribution in [-0.2, 0) is 11.1 Å². The number of carbonyl (C=O) groups excluding carboxylic acids is 1. The molecular weight excluding hydrogens is 333 g/mol. The highest BCUT2D eigenvalue weighted by Crippen LogP contribution is 2.31. The Kier molecular flexibility index (Phi) is 4.97. The first-order valence-electron chi connectivity index (χ1n) is 9.41. The van der Waals surface area contributed by atoms with Gasteiger partial charge in [0.05, 0.1) is 5.69 Å². The summed E-state index contributed by atoms with van der Waals surface area (Å²) in [5.41, 5.74) is 4.09. The lowest BCUT2D eigenvalue weighted by molar-refractivity contribution is 0.206. The number of nitrogens with zero attached hydrogens (tertiary/aromatic N) is 1. The summed E-state index contributed by atoms with van der Waals surface area (Å²) in [7, 11) is 0. The van der Waals surface area contributed by atoms with Crippen LogP contribution in [0.4, 0.5) is 10.5 Å². The number of aryl methyl sites for hydroxylation is 1. The fourth-order valence-corrected chi connectivity index (χ4v) is 3.71. The van der Waals surface area contributed by atoms with E-state index in [0.29, 0.717) is 0 Å². The van der Waals surface area contributed by atoms with Gasteiger partial charge in [-0.1, -0.05) is 78.9 Å². The highest BCUT2D eigenvalue weighted by Gasteiger charge is 2.33. The number of hydrogen-bond donors (Lipinski definition) is 0. The maximum absolute atomic E-state index is 13.2. The molecule has 1 heterocycles. The van der Waals surface area contributed by atoms with Crippen LogP contribution in [0.2, 0.25) is 0 Å². The lowest BCUT2D eigenvalue weighted by Crippen LogP contribution is -2.51. The maximum Gasteiger partial charge on any atom is 0.431 e.